The first-order valence-corrected chi connectivity index (χ1v) is 6.83. The molecule has 0 unspecified atom stereocenters. The van der Waals surface area contributed by atoms with Gasteiger partial charge in [0, 0.05) is 37.4 Å². The van der Waals surface area contributed by atoms with Crippen LogP contribution >= 0.6 is 12.6 Å². The van der Waals surface area contributed by atoms with Gasteiger partial charge in [-0.05, 0) is 5.56 Å². The van der Waals surface area contributed by atoms with Gasteiger partial charge in [0.2, 0.25) is 0 Å². The van der Waals surface area contributed by atoms with Gasteiger partial charge in [-0.3, -0.25) is 4.90 Å². The van der Waals surface area contributed by atoms with Crippen molar-refractivity contribution in [2.45, 2.75) is 25.3 Å². The van der Waals surface area contributed by atoms with E-state index < -0.39 is 0 Å². The second-order valence-corrected chi connectivity index (χ2v) is 4.95. The summed E-state index contributed by atoms with van der Waals surface area (Å²) in [4.78, 5) is 2.43. The third kappa shape index (κ3) is 2.31. The van der Waals surface area contributed by atoms with Crippen LogP contribution in [0.25, 0.3) is 0 Å². The first-order valence-electron chi connectivity index (χ1n) is 6.20. The summed E-state index contributed by atoms with van der Waals surface area (Å²) < 4.78 is 5.35. The van der Waals surface area contributed by atoms with Crippen molar-refractivity contribution in [2.75, 3.05) is 6.54 Å². The molecule has 2 aromatic rings. The van der Waals surface area contributed by atoms with Crippen LogP contribution in [-0.2, 0) is 25.3 Å². The quantitative estimate of drug-likeness (QED) is 0.860. The molecule has 1 aromatic heterocycles. The van der Waals surface area contributed by atoms with Crippen molar-refractivity contribution in [1.29, 1.82) is 0 Å². The molecule has 2 heterocycles. The Bertz CT molecular complexity index is 510. The van der Waals surface area contributed by atoms with Gasteiger partial charge in [0.25, 0.3) is 0 Å². The predicted molar refractivity (Wildman–Crippen MR) is 73.5 cm³/mol. The summed E-state index contributed by atoms with van der Waals surface area (Å²) in [5.41, 5.74) is 3.59. The van der Waals surface area contributed by atoms with Gasteiger partial charge in [-0.25, -0.2) is 0 Å². The molecule has 1 aliphatic rings. The molecule has 3 rings (SSSR count). The number of thiol groups is 1. The number of hydrogen-bond donors (Lipinski definition) is 1. The van der Waals surface area contributed by atoms with Gasteiger partial charge in [0.15, 0.2) is 0 Å². The molecule has 0 N–H and O–H groups in total. The molecule has 1 aromatic carbocycles. The van der Waals surface area contributed by atoms with Crippen LogP contribution in [0.5, 0.6) is 0 Å². The highest BCUT2D eigenvalue weighted by Gasteiger charge is 2.23. The van der Waals surface area contributed by atoms with Crippen LogP contribution in [0.4, 0.5) is 0 Å². The van der Waals surface area contributed by atoms with Gasteiger partial charge in [0.1, 0.15) is 5.76 Å². The summed E-state index contributed by atoms with van der Waals surface area (Å²) in [5.74, 6) is 1.70. The maximum atomic E-state index is 5.35. The first kappa shape index (κ1) is 11.8. The molecule has 3 nitrogen and oxygen atoms in total. The zero-order chi connectivity index (χ0) is 12.4. The lowest BCUT2D eigenvalue weighted by Crippen LogP contribution is -2.29. The van der Waals surface area contributed by atoms with E-state index in [1.54, 1.807) is 0 Å². The van der Waals surface area contributed by atoms with Crippen molar-refractivity contribution in [2.24, 2.45) is 0 Å². The van der Waals surface area contributed by atoms with Crippen molar-refractivity contribution in [3.05, 3.63) is 52.9 Å². The number of fused-ring (bicyclic) bond motifs is 1. The summed E-state index contributed by atoms with van der Waals surface area (Å²) >= 11 is 4.30. The molecule has 4 heteroatoms. The fourth-order valence-corrected chi connectivity index (χ4v) is 2.67. The molecule has 0 bridgehead atoms. The molecule has 0 atom stereocenters. The van der Waals surface area contributed by atoms with Crippen LogP contribution in [0.3, 0.4) is 0 Å². The van der Waals surface area contributed by atoms with E-state index in [2.05, 4.69) is 53.0 Å². The molecule has 0 radical (unpaired) electrons. The molecule has 0 saturated heterocycles. The van der Waals surface area contributed by atoms with E-state index in [9.17, 15) is 0 Å². The number of nitrogens with zero attached hydrogens (tertiary/aromatic N) is 2. The maximum Gasteiger partial charge on any atom is 0.142 e. The Morgan fingerprint density at radius 1 is 1.28 bits per heavy atom. The molecule has 94 valence electrons. The normalized spacial score (nSPS) is 15.6. The summed E-state index contributed by atoms with van der Waals surface area (Å²) in [6, 6.07) is 10.6. The highest BCUT2D eigenvalue weighted by Crippen LogP contribution is 2.24. The van der Waals surface area contributed by atoms with Crippen molar-refractivity contribution >= 4 is 12.6 Å². The van der Waals surface area contributed by atoms with Gasteiger partial charge in [-0.1, -0.05) is 35.5 Å². The summed E-state index contributed by atoms with van der Waals surface area (Å²) in [5, 5.41) is 4.08. The van der Waals surface area contributed by atoms with E-state index in [0.717, 1.165) is 37.5 Å². The van der Waals surface area contributed by atoms with E-state index >= 15 is 0 Å². The smallest absolute Gasteiger partial charge is 0.142 e. The monoisotopic (exact) mass is 260 g/mol. The largest absolute Gasteiger partial charge is 0.361 e. The third-order valence-corrected chi connectivity index (χ3v) is 3.69. The average Bonchev–Trinajstić information content (AvgIpc) is 2.82. The highest BCUT2D eigenvalue weighted by atomic mass is 32.1. The number of benzene rings is 1. The molecule has 0 saturated carbocycles. The molecule has 0 aliphatic carbocycles. The van der Waals surface area contributed by atoms with Crippen molar-refractivity contribution in [3.63, 3.8) is 0 Å². The lowest BCUT2D eigenvalue weighted by molar-refractivity contribution is 0.228. The van der Waals surface area contributed by atoms with Crippen molar-refractivity contribution in [1.82, 2.24) is 10.1 Å². The van der Waals surface area contributed by atoms with Crippen molar-refractivity contribution in [3.8, 4) is 0 Å². The Kier molecular flexibility index (Phi) is 3.39. The molecule has 1 aliphatic heterocycles. The lowest BCUT2D eigenvalue weighted by atomic mass is 10.1. The fraction of sp³-hybridized carbons (Fsp3) is 0.357. The Hall–Kier alpha value is -1.26. The van der Waals surface area contributed by atoms with E-state index in [4.69, 9.17) is 4.52 Å². The second kappa shape index (κ2) is 5.16. The minimum atomic E-state index is 0.651. The Morgan fingerprint density at radius 2 is 2.11 bits per heavy atom. The topological polar surface area (TPSA) is 29.3 Å². The van der Waals surface area contributed by atoms with E-state index in [-0.39, 0.29) is 0 Å². The van der Waals surface area contributed by atoms with Gasteiger partial charge >= 0.3 is 0 Å². The van der Waals surface area contributed by atoms with Crippen molar-refractivity contribution < 1.29 is 4.52 Å². The minimum absolute atomic E-state index is 0.651. The van der Waals surface area contributed by atoms with Crippen LogP contribution in [0.2, 0.25) is 0 Å². The molecule has 0 fully saturated rings. The number of rotatable bonds is 3. The van der Waals surface area contributed by atoms with Crippen LogP contribution in [-0.4, -0.2) is 16.6 Å². The highest BCUT2D eigenvalue weighted by molar-refractivity contribution is 7.79. The van der Waals surface area contributed by atoms with Crippen LogP contribution < -0.4 is 0 Å². The van der Waals surface area contributed by atoms with Gasteiger partial charge in [0.05, 0.1) is 5.69 Å². The molecule has 0 amide bonds. The molecular weight excluding hydrogens is 244 g/mol. The maximum absolute atomic E-state index is 5.35. The number of hydrogen-bond acceptors (Lipinski definition) is 4. The van der Waals surface area contributed by atoms with Crippen LogP contribution in [0.1, 0.15) is 22.6 Å². The third-order valence-electron chi connectivity index (χ3n) is 3.39. The molecular formula is C14H16N2OS. The van der Waals surface area contributed by atoms with Crippen LogP contribution in [0.15, 0.2) is 34.9 Å². The first-order chi connectivity index (χ1) is 8.86. The second-order valence-electron chi connectivity index (χ2n) is 4.64. The summed E-state index contributed by atoms with van der Waals surface area (Å²) in [6.45, 7) is 2.93. The Balaban J connectivity index is 1.74. The SMILES string of the molecule is SCc1noc2c1CN(Cc1ccccc1)CC2. The van der Waals surface area contributed by atoms with E-state index in [1.807, 2.05) is 0 Å². The lowest BCUT2D eigenvalue weighted by Gasteiger charge is -2.25. The summed E-state index contributed by atoms with van der Waals surface area (Å²) in [6.07, 6.45) is 0.947. The Morgan fingerprint density at radius 3 is 2.89 bits per heavy atom. The zero-order valence-corrected chi connectivity index (χ0v) is 11.1. The van der Waals surface area contributed by atoms with Crippen LogP contribution in [0, 0.1) is 0 Å². The van der Waals surface area contributed by atoms with Gasteiger partial charge < -0.3 is 4.52 Å². The molecule has 0 spiro atoms. The fourth-order valence-electron chi connectivity index (χ4n) is 2.42. The number of aromatic nitrogens is 1. The standard InChI is InChI=1S/C14H16N2OS/c18-10-13-12-9-16(7-6-14(12)17-15-13)8-11-4-2-1-3-5-11/h1-5,18H,6-10H2. The Labute approximate surface area is 112 Å². The summed E-state index contributed by atoms with van der Waals surface area (Å²) in [7, 11) is 0. The minimum Gasteiger partial charge on any atom is -0.361 e. The zero-order valence-electron chi connectivity index (χ0n) is 10.2. The van der Waals surface area contributed by atoms with E-state index in [0.29, 0.717) is 5.75 Å². The van der Waals surface area contributed by atoms with E-state index in [1.165, 1.54) is 11.1 Å². The molecule has 18 heavy (non-hydrogen) atoms. The predicted octanol–water partition coefficient (Wildman–Crippen LogP) is 2.66. The average molecular weight is 260 g/mol. The van der Waals surface area contributed by atoms with Gasteiger partial charge in [-0.15, -0.1) is 0 Å². The van der Waals surface area contributed by atoms with Gasteiger partial charge in [-0.2, -0.15) is 12.6 Å².